The lowest BCUT2D eigenvalue weighted by Gasteiger charge is -2.35. The zero-order valence-electron chi connectivity index (χ0n) is 9.82. The van der Waals surface area contributed by atoms with E-state index in [4.69, 9.17) is 5.11 Å². The van der Waals surface area contributed by atoms with Gasteiger partial charge in [-0.3, -0.25) is 9.69 Å². The lowest BCUT2D eigenvalue weighted by atomic mass is 10.0. The smallest absolute Gasteiger partial charge is 0.303 e. The molecule has 0 aliphatic carbocycles. The molecule has 2 saturated heterocycles. The monoisotopic (exact) mass is 226 g/mol. The molecule has 92 valence electrons. The van der Waals surface area contributed by atoms with Crippen LogP contribution in [-0.2, 0) is 4.79 Å². The maximum absolute atomic E-state index is 10.6. The first-order chi connectivity index (χ1) is 7.77. The summed E-state index contributed by atoms with van der Waals surface area (Å²) in [4.78, 5) is 13.2. The molecule has 4 nitrogen and oxygen atoms in total. The summed E-state index contributed by atoms with van der Waals surface area (Å²) in [6.07, 6.45) is 6.05. The summed E-state index contributed by atoms with van der Waals surface area (Å²) in [5.74, 6) is -0.655. The fraction of sp³-hybridized carbons (Fsp3) is 0.917. The minimum absolute atomic E-state index is 0.326. The number of hydrogen-bond donors (Lipinski definition) is 2. The molecule has 0 aromatic carbocycles. The SMILES string of the molecule is O=C(O)CC[C@@H]1CCCN1C1CCNCC1. The quantitative estimate of drug-likeness (QED) is 0.753. The van der Waals surface area contributed by atoms with Gasteiger partial charge in [-0.2, -0.15) is 0 Å². The van der Waals surface area contributed by atoms with E-state index in [1.54, 1.807) is 0 Å². The Morgan fingerprint density at radius 2 is 2.06 bits per heavy atom. The molecule has 1 atom stereocenters. The summed E-state index contributed by atoms with van der Waals surface area (Å²) >= 11 is 0. The first kappa shape index (κ1) is 11.9. The summed E-state index contributed by atoms with van der Waals surface area (Å²) in [5, 5.41) is 12.1. The van der Waals surface area contributed by atoms with Crippen LogP contribution in [0.1, 0.15) is 38.5 Å². The van der Waals surface area contributed by atoms with Gasteiger partial charge in [0.05, 0.1) is 0 Å². The van der Waals surface area contributed by atoms with Crippen LogP contribution in [0.15, 0.2) is 0 Å². The molecule has 2 heterocycles. The Morgan fingerprint density at radius 1 is 1.31 bits per heavy atom. The average molecular weight is 226 g/mol. The number of aliphatic carboxylic acids is 1. The molecular weight excluding hydrogens is 204 g/mol. The van der Waals surface area contributed by atoms with Crippen molar-refractivity contribution in [2.45, 2.75) is 50.6 Å². The number of rotatable bonds is 4. The minimum atomic E-state index is -0.655. The third-order valence-corrected chi connectivity index (χ3v) is 3.89. The maximum Gasteiger partial charge on any atom is 0.303 e. The molecule has 4 heteroatoms. The average Bonchev–Trinajstić information content (AvgIpc) is 2.75. The molecule has 2 rings (SSSR count). The van der Waals surface area contributed by atoms with Crippen molar-refractivity contribution < 1.29 is 9.90 Å². The highest BCUT2D eigenvalue weighted by Crippen LogP contribution is 2.26. The third kappa shape index (κ3) is 2.95. The van der Waals surface area contributed by atoms with Crippen LogP contribution in [0.25, 0.3) is 0 Å². The second-order valence-electron chi connectivity index (χ2n) is 4.95. The number of nitrogens with one attached hydrogen (secondary N) is 1. The van der Waals surface area contributed by atoms with E-state index in [2.05, 4.69) is 10.2 Å². The van der Waals surface area contributed by atoms with Crippen LogP contribution in [-0.4, -0.2) is 47.7 Å². The van der Waals surface area contributed by atoms with Gasteiger partial charge in [0, 0.05) is 18.5 Å². The van der Waals surface area contributed by atoms with Crippen molar-refractivity contribution in [2.75, 3.05) is 19.6 Å². The largest absolute Gasteiger partial charge is 0.481 e. The number of nitrogens with zero attached hydrogens (tertiary/aromatic N) is 1. The van der Waals surface area contributed by atoms with E-state index in [9.17, 15) is 4.79 Å². The number of likely N-dealkylation sites (tertiary alicyclic amines) is 1. The Bertz CT molecular complexity index is 239. The van der Waals surface area contributed by atoms with Crippen molar-refractivity contribution in [1.29, 1.82) is 0 Å². The van der Waals surface area contributed by atoms with Gasteiger partial charge in [-0.25, -0.2) is 0 Å². The van der Waals surface area contributed by atoms with E-state index in [-0.39, 0.29) is 0 Å². The molecule has 2 aliphatic heterocycles. The van der Waals surface area contributed by atoms with Gasteiger partial charge in [0.15, 0.2) is 0 Å². The Kier molecular flexibility index (Phi) is 4.18. The standard InChI is InChI=1S/C12H22N2O2/c15-12(16)4-3-10-2-1-9-14(10)11-5-7-13-8-6-11/h10-11,13H,1-9H2,(H,15,16)/t10-/m0/s1. The summed E-state index contributed by atoms with van der Waals surface area (Å²) in [5.41, 5.74) is 0. The molecule has 2 aliphatic rings. The molecule has 0 bridgehead atoms. The van der Waals surface area contributed by atoms with Crippen molar-refractivity contribution in [2.24, 2.45) is 0 Å². The predicted octanol–water partition coefficient (Wildman–Crippen LogP) is 1.07. The van der Waals surface area contributed by atoms with E-state index < -0.39 is 5.97 Å². The Balaban J connectivity index is 1.84. The third-order valence-electron chi connectivity index (χ3n) is 3.89. The topological polar surface area (TPSA) is 52.6 Å². The number of piperidine rings is 1. The van der Waals surface area contributed by atoms with Gasteiger partial charge in [0.2, 0.25) is 0 Å². The van der Waals surface area contributed by atoms with Crippen LogP contribution >= 0.6 is 0 Å². The van der Waals surface area contributed by atoms with Crippen molar-refractivity contribution >= 4 is 5.97 Å². The second kappa shape index (κ2) is 5.64. The summed E-state index contributed by atoms with van der Waals surface area (Å²) in [7, 11) is 0. The van der Waals surface area contributed by atoms with Gasteiger partial charge in [-0.15, -0.1) is 0 Å². The van der Waals surface area contributed by atoms with Crippen molar-refractivity contribution in [1.82, 2.24) is 10.2 Å². The highest BCUT2D eigenvalue weighted by atomic mass is 16.4. The fourth-order valence-corrected chi connectivity index (χ4v) is 3.08. The van der Waals surface area contributed by atoms with Crippen LogP contribution in [0.3, 0.4) is 0 Å². The van der Waals surface area contributed by atoms with Crippen LogP contribution in [0, 0.1) is 0 Å². The highest BCUT2D eigenvalue weighted by Gasteiger charge is 2.31. The predicted molar refractivity (Wildman–Crippen MR) is 62.5 cm³/mol. The first-order valence-electron chi connectivity index (χ1n) is 6.45. The molecule has 0 amide bonds. The summed E-state index contributed by atoms with van der Waals surface area (Å²) in [6.45, 7) is 3.41. The Morgan fingerprint density at radius 3 is 2.75 bits per heavy atom. The number of carbonyl (C=O) groups is 1. The van der Waals surface area contributed by atoms with Gasteiger partial charge in [-0.1, -0.05) is 0 Å². The summed E-state index contributed by atoms with van der Waals surface area (Å²) < 4.78 is 0. The highest BCUT2D eigenvalue weighted by molar-refractivity contribution is 5.66. The van der Waals surface area contributed by atoms with E-state index in [0.717, 1.165) is 19.5 Å². The summed E-state index contributed by atoms with van der Waals surface area (Å²) in [6, 6.07) is 1.22. The molecule has 0 saturated carbocycles. The van der Waals surface area contributed by atoms with Gasteiger partial charge < -0.3 is 10.4 Å². The molecule has 16 heavy (non-hydrogen) atoms. The van der Waals surface area contributed by atoms with Crippen molar-refractivity contribution in [3.63, 3.8) is 0 Å². The molecule has 0 aromatic heterocycles. The lowest BCUT2D eigenvalue weighted by molar-refractivity contribution is -0.137. The Labute approximate surface area is 97.0 Å². The van der Waals surface area contributed by atoms with Crippen molar-refractivity contribution in [3.8, 4) is 0 Å². The fourth-order valence-electron chi connectivity index (χ4n) is 3.08. The molecule has 2 fully saturated rings. The number of hydrogen-bond acceptors (Lipinski definition) is 3. The first-order valence-corrected chi connectivity index (χ1v) is 6.45. The van der Waals surface area contributed by atoms with E-state index in [0.29, 0.717) is 18.5 Å². The van der Waals surface area contributed by atoms with Gasteiger partial charge in [0.1, 0.15) is 0 Å². The van der Waals surface area contributed by atoms with E-state index in [1.165, 1.54) is 32.2 Å². The normalized spacial score (nSPS) is 28.4. The van der Waals surface area contributed by atoms with Gasteiger partial charge >= 0.3 is 5.97 Å². The molecule has 2 N–H and O–H groups in total. The van der Waals surface area contributed by atoms with Crippen molar-refractivity contribution in [3.05, 3.63) is 0 Å². The van der Waals surface area contributed by atoms with Crippen LogP contribution in [0.5, 0.6) is 0 Å². The van der Waals surface area contributed by atoms with Gasteiger partial charge in [-0.05, 0) is 51.7 Å². The minimum Gasteiger partial charge on any atom is -0.481 e. The van der Waals surface area contributed by atoms with E-state index in [1.807, 2.05) is 0 Å². The molecule has 0 unspecified atom stereocenters. The van der Waals surface area contributed by atoms with Crippen LogP contribution < -0.4 is 5.32 Å². The van der Waals surface area contributed by atoms with E-state index >= 15 is 0 Å². The molecule has 0 aromatic rings. The molecule has 0 radical (unpaired) electrons. The van der Waals surface area contributed by atoms with Gasteiger partial charge in [0.25, 0.3) is 0 Å². The Hall–Kier alpha value is -0.610. The molecule has 0 spiro atoms. The molecular formula is C12H22N2O2. The second-order valence-corrected chi connectivity index (χ2v) is 4.95. The van der Waals surface area contributed by atoms with Crippen LogP contribution in [0.4, 0.5) is 0 Å². The number of carboxylic acid groups (broad SMARTS) is 1. The maximum atomic E-state index is 10.6. The van der Waals surface area contributed by atoms with Crippen LogP contribution in [0.2, 0.25) is 0 Å². The lowest BCUT2D eigenvalue weighted by Crippen LogP contribution is -2.45. The zero-order chi connectivity index (χ0) is 11.4. The zero-order valence-corrected chi connectivity index (χ0v) is 9.82. The number of carboxylic acids is 1.